The summed E-state index contributed by atoms with van der Waals surface area (Å²) in [6, 6.07) is 72.3. The summed E-state index contributed by atoms with van der Waals surface area (Å²) in [7, 11) is 0. The smallest absolute Gasteiger partial charge is 0.132 e. The Kier molecular flexibility index (Phi) is 7.33. The van der Waals surface area contributed by atoms with Crippen molar-refractivity contribution in [3.63, 3.8) is 0 Å². The van der Waals surface area contributed by atoms with E-state index in [0.29, 0.717) is 0 Å². The van der Waals surface area contributed by atoms with Gasteiger partial charge in [-0.05, 0) is 91.9 Å². The Morgan fingerprint density at radius 3 is 1.46 bits per heavy atom. The molecule has 56 heavy (non-hydrogen) atoms. The van der Waals surface area contributed by atoms with Gasteiger partial charge in [-0.15, -0.1) is 0 Å². The fraction of sp³-hybridized carbons (Fsp3) is 0.0370. The lowest BCUT2D eigenvalue weighted by Gasteiger charge is -2.39. The molecule has 1 aliphatic carbocycles. The van der Waals surface area contributed by atoms with E-state index in [2.05, 4.69) is 212 Å². The molecule has 0 fully saturated rings. The van der Waals surface area contributed by atoms with Crippen molar-refractivity contribution in [1.82, 2.24) is 4.98 Å². The fourth-order valence-corrected chi connectivity index (χ4v) is 9.39. The number of aromatic nitrogens is 1. The van der Waals surface area contributed by atoms with E-state index in [0.717, 1.165) is 34.0 Å². The van der Waals surface area contributed by atoms with Gasteiger partial charge in [-0.1, -0.05) is 182 Å². The van der Waals surface area contributed by atoms with Crippen molar-refractivity contribution in [2.75, 3.05) is 0 Å². The average molecular weight is 716 g/mol. The molecule has 2 heteroatoms. The van der Waals surface area contributed by atoms with Crippen molar-refractivity contribution in [3.8, 4) is 78.5 Å². The van der Waals surface area contributed by atoms with Gasteiger partial charge in [-0.2, -0.15) is 0 Å². The highest BCUT2D eigenvalue weighted by Gasteiger charge is 2.51. The third kappa shape index (κ3) is 4.82. The van der Waals surface area contributed by atoms with Gasteiger partial charge in [0.05, 0.1) is 11.1 Å². The SMILES string of the molecule is Cc1c(-c2ccc(-c3ccccc3)cc2)[nH]c(-c2ccccc2)c1-c1ccc(-c2ccc3c(c2)C2(c4ccccc4O3)c3ccccc3-c3ccccc32)cc1. The highest BCUT2D eigenvalue weighted by Crippen LogP contribution is 2.62. The van der Waals surface area contributed by atoms with E-state index in [-0.39, 0.29) is 0 Å². The molecule has 0 saturated heterocycles. The number of H-pyrrole nitrogens is 1. The molecule has 1 N–H and O–H groups in total. The number of ether oxygens (including phenoxy) is 1. The quantitative estimate of drug-likeness (QED) is 0.189. The van der Waals surface area contributed by atoms with Crippen LogP contribution in [0.4, 0.5) is 0 Å². The van der Waals surface area contributed by atoms with Crippen LogP contribution in [0.3, 0.4) is 0 Å². The number of hydrogen-bond acceptors (Lipinski definition) is 1. The molecule has 1 aliphatic heterocycles. The van der Waals surface area contributed by atoms with E-state index in [4.69, 9.17) is 4.74 Å². The predicted molar refractivity (Wildman–Crippen MR) is 230 cm³/mol. The van der Waals surface area contributed by atoms with Gasteiger partial charge in [0, 0.05) is 22.4 Å². The van der Waals surface area contributed by atoms with Gasteiger partial charge in [-0.3, -0.25) is 0 Å². The topological polar surface area (TPSA) is 25.0 Å². The Morgan fingerprint density at radius 1 is 0.357 bits per heavy atom. The van der Waals surface area contributed by atoms with Crippen LogP contribution in [-0.2, 0) is 5.41 Å². The highest BCUT2D eigenvalue weighted by molar-refractivity contribution is 5.92. The summed E-state index contributed by atoms with van der Waals surface area (Å²) in [4.78, 5) is 3.86. The fourth-order valence-electron chi connectivity index (χ4n) is 9.39. The molecular formula is C54H37NO. The average Bonchev–Trinajstić information content (AvgIpc) is 3.77. The zero-order valence-electron chi connectivity index (χ0n) is 31.0. The summed E-state index contributed by atoms with van der Waals surface area (Å²) in [5, 5.41) is 0. The molecular weight excluding hydrogens is 679 g/mol. The highest BCUT2D eigenvalue weighted by atomic mass is 16.5. The molecule has 0 radical (unpaired) electrons. The Balaban J connectivity index is 1.02. The molecule has 0 bridgehead atoms. The number of para-hydroxylation sites is 1. The Labute approximate surface area is 327 Å². The first kappa shape index (κ1) is 32.3. The van der Waals surface area contributed by atoms with Gasteiger partial charge in [0.1, 0.15) is 11.5 Å². The summed E-state index contributed by atoms with van der Waals surface area (Å²) < 4.78 is 6.69. The maximum atomic E-state index is 6.69. The minimum Gasteiger partial charge on any atom is -0.457 e. The molecule has 0 atom stereocenters. The van der Waals surface area contributed by atoms with Crippen LogP contribution in [0.25, 0.3) is 67.0 Å². The second kappa shape index (κ2) is 12.7. The number of fused-ring (bicyclic) bond motifs is 9. The first-order valence-electron chi connectivity index (χ1n) is 19.3. The van der Waals surface area contributed by atoms with Crippen LogP contribution in [0.1, 0.15) is 27.8 Å². The van der Waals surface area contributed by atoms with Crippen LogP contribution in [0.15, 0.2) is 200 Å². The molecule has 2 heterocycles. The summed E-state index contributed by atoms with van der Waals surface area (Å²) in [6.07, 6.45) is 0. The van der Waals surface area contributed by atoms with Crippen LogP contribution in [0.2, 0.25) is 0 Å². The maximum absolute atomic E-state index is 6.69. The molecule has 0 saturated carbocycles. The monoisotopic (exact) mass is 715 g/mol. The van der Waals surface area contributed by atoms with E-state index in [1.807, 2.05) is 0 Å². The number of benzene rings is 8. The molecule has 0 amide bonds. The second-order valence-electron chi connectivity index (χ2n) is 14.9. The van der Waals surface area contributed by atoms with Crippen molar-refractivity contribution in [3.05, 3.63) is 228 Å². The van der Waals surface area contributed by atoms with Crippen LogP contribution in [-0.4, -0.2) is 4.98 Å². The van der Waals surface area contributed by atoms with Crippen molar-refractivity contribution >= 4 is 0 Å². The third-order valence-electron chi connectivity index (χ3n) is 11.9. The van der Waals surface area contributed by atoms with Gasteiger partial charge < -0.3 is 9.72 Å². The van der Waals surface area contributed by atoms with Gasteiger partial charge in [0.2, 0.25) is 0 Å². The third-order valence-corrected chi connectivity index (χ3v) is 11.9. The molecule has 264 valence electrons. The minimum atomic E-state index is -0.490. The lowest BCUT2D eigenvalue weighted by Crippen LogP contribution is -2.32. The van der Waals surface area contributed by atoms with Crippen LogP contribution < -0.4 is 4.74 Å². The molecule has 2 nitrogen and oxygen atoms in total. The van der Waals surface area contributed by atoms with E-state index >= 15 is 0 Å². The van der Waals surface area contributed by atoms with Gasteiger partial charge in [-0.25, -0.2) is 0 Å². The summed E-state index contributed by atoms with van der Waals surface area (Å²) in [5.74, 6) is 1.81. The molecule has 1 spiro atoms. The van der Waals surface area contributed by atoms with E-state index in [1.165, 1.54) is 72.3 Å². The first-order valence-corrected chi connectivity index (χ1v) is 19.3. The predicted octanol–water partition coefficient (Wildman–Crippen LogP) is 14.1. The number of rotatable bonds is 5. The molecule has 2 aliphatic rings. The summed E-state index contributed by atoms with van der Waals surface area (Å²) >= 11 is 0. The summed E-state index contributed by atoms with van der Waals surface area (Å²) in [6.45, 7) is 2.24. The molecule has 0 unspecified atom stereocenters. The van der Waals surface area contributed by atoms with E-state index in [9.17, 15) is 0 Å². The first-order chi connectivity index (χ1) is 27.7. The molecule has 9 aromatic rings. The molecule has 1 aromatic heterocycles. The van der Waals surface area contributed by atoms with Crippen molar-refractivity contribution < 1.29 is 4.74 Å². The zero-order chi connectivity index (χ0) is 37.2. The van der Waals surface area contributed by atoms with E-state index < -0.39 is 5.41 Å². The van der Waals surface area contributed by atoms with Crippen molar-refractivity contribution in [2.24, 2.45) is 0 Å². The maximum Gasteiger partial charge on any atom is 0.132 e. The van der Waals surface area contributed by atoms with Crippen molar-refractivity contribution in [1.29, 1.82) is 0 Å². The van der Waals surface area contributed by atoms with E-state index in [1.54, 1.807) is 0 Å². The minimum absolute atomic E-state index is 0.490. The van der Waals surface area contributed by atoms with Crippen LogP contribution in [0, 0.1) is 6.92 Å². The second-order valence-corrected chi connectivity index (χ2v) is 14.9. The molecule has 8 aromatic carbocycles. The number of hydrogen-bond donors (Lipinski definition) is 1. The largest absolute Gasteiger partial charge is 0.457 e. The lowest BCUT2D eigenvalue weighted by molar-refractivity contribution is 0.436. The lowest BCUT2D eigenvalue weighted by atomic mass is 9.66. The number of aromatic amines is 1. The Hall–Kier alpha value is -7.16. The summed E-state index contributed by atoms with van der Waals surface area (Å²) in [5.41, 5.74) is 20.0. The molecule has 11 rings (SSSR count). The Bertz CT molecular complexity index is 2870. The number of nitrogens with one attached hydrogen (secondary N) is 1. The normalized spacial score (nSPS) is 13.0. The Morgan fingerprint density at radius 2 is 0.804 bits per heavy atom. The zero-order valence-corrected chi connectivity index (χ0v) is 31.0. The van der Waals surface area contributed by atoms with Crippen molar-refractivity contribution in [2.45, 2.75) is 12.3 Å². The van der Waals surface area contributed by atoms with Gasteiger partial charge in [0.25, 0.3) is 0 Å². The van der Waals surface area contributed by atoms with Crippen LogP contribution in [0.5, 0.6) is 11.5 Å². The standard InChI is InChI=1S/C54H37NO/c1-35-51(53(40-16-6-3-7-17-40)55-52(35)41-30-26-37(27-31-41)36-14-4-2-5-15-36)39-28-24-38(25-29-39)42-32-33-50-48(34-42)54(47-22-12-13-23-49(47)56-50)45-20-10-8-18-43(45)44-19-9-11-21-46(44)54/h2-34,55H,1H3. The van der Waals surface area contributed by atoms with Crippen LogP contribution >= 0.6 is 0 Å². The van der Waals surface area contributed by atoms with Gasteiger partial charge in [0.15, 0.2) is 0 Å². The van der Waals surface area contributed by atoms with Gasteiger partial charge >= 0.3 is 0 Å².